The van der Waals surface area contributed by atoms with E-state index in [1.165, 1.54) is 0 Å². The first-order valence-electron chi connectivity index (χ1n) is 6.03. The summed E-state index contributed by atoms with van der Waals surface area (Å²) in [7, 11) is 0. The van der Waals surface area contributed by atoms with Crippen molar-refractivity contribution in [3.8, 4) is 0 Å². The van der Waals surface area contributed by atoms with Crippen LogP contribution >= 0.6 is 0 Å². The number of rotatable bonds is 7. The maximum atomic E-state index is 10.8. The molecule has 0 saturated carbocycles. The van der Waals surface area contributed by atoms with Crippen molar-refractivity contribution >= 4 is 5.78 Å². The van der Waals surface area contributed by atoms with Crippen LogP contribution in [0.3, 0.4) is 0 Å². The minimum Gasteiger partial charge on any atom is -0.387 e. The minimum atomic E-state index is 0.0922. The Balaban J connectivity index is 4.00. The smallest absolute Gasteiger partial charge is 0.154 e. The fourth-order valence-corrected chi connectivity index (χ4v) is 1.85. The van der Waals surface area contributed by atoms with E-state index in [1.54, 1.807) is 13.0 Å². The summed E-state index contributed by atoms with van der Waals surface area (Å²) in [6, 6.07) is 1.11. The molecular weight excluding hydrogens is 200 g/mol. The summed E-state index contributed by atoms with van der Waals surface area (Å²) in [6.07, 6.45) is 1.63. The molecule has 0 aromatic heterocycles. The first-order chi connectivity index (χ1) is 7.34. The minimum absolute atomic E-state index is 0.0922. The number of nitrogens with one attached hydrogen (secondary N) is 1. The lowest BCUT2D eigenvalue weighted by Crippen LogP contribution is -2.41. The van der Waals surface area contributed by atoms with Crippen LogP contribution in [0.2, 0.25) is 0 Å². The molecule has 3 nitrogen and oxygen atoms in total. The molecular formula is C13H26N2O. The van der Waals surface area contributed by atoms with Gasteiger partial charge < -0.3 is 5.32 Å². The Hall–Kier alpha value is -0.830. The number of carbonyl (C=O) groups is 1. The number of carbonyl (C=O) groups excluding carboxylic acids is 1. The topological polar surface area (TPSA) is 32.3 Å². The Morgan fingerprint density at radius 1 is 1.19 bits per heavy atom. The van der Waals surface area contributed by atoms with Crippen LogP contribution in [-0.4, -0.2) is 35.9 Å². The molecule has 16 heavy (non-hydrogen) atoms. The molecule has 3 heteroatoms. The van der Waals surface area contributed by atoms with Crippen LogP contribution in [-0.2, 0) is 4.79 Å². The second kappa shape index (κ2) is 7.44. The molecule has 0 aromatic carbocycles. The molecule has 0 radical (unpaired) electrons. The normalized spacial score (nSPS) is 12.7. The Kier molecular flexibility index (Phi) is 7.06. The average molecular weight is 226 g/mol. The molecule has 94 valence electrons. The lowest BCUT2D eigenvalue weighted by Gasteiger charge is -2.30. The predicted octanol–water partition coefficient (Wildman–Crippen LogP) is 2.19. The van der Waals surface area contributed by atoms with Gasteiger partial charge in [-0.25, -0.2) is 0 Å². The third-order valence-corrected chi connectivity index (χ3v) is 2.52. The van der Waals surface area contributed by atoms with Crippen molar-refractivity contribution in [3.63, 3.8) is 0 Å². The standard InChI is InChI=1S/C13H26N2O/c1-10(2)15(11(3)4)8-7-14-12(5)9-13(6)16/h9-11,14H,7-8H2,1-6H3. The quantitative estimate of drug-likeness (QED) is 0.675. The van der Waals surface area contributed by atoms with Gasteiger partial charge in [0.2, 0.25) is 0 Å². The van der Waals surface area contributed by atoms with E-state index in [4.69, 9.17) is 0 Å². The molecule has 0 aliphatic heterocycles. The highest BCUT2D eigenvalue weighted by Gasteiger charge is 2.11. The zero-order chi connectivity index (χ0) is 12.7. The van der Waals surface area contributed by atoms with E-state index in [2.05, 4.69) is 37.9 Å². The van der Waals surface area contributed by atoms with E-state index in [1.807, 2.05) is 6.92 Å². The summed E-state index contributed by atoms with van der Waals surface area (Å²) >= 11 is 0. The maximum absolute atomic E-state index is 10.8. The Labute approximate surface area is 99.9 Å². The zero-order valence-electron chi connectivity index (χ0n) is 11.5. The van der Waals surface area contributed by atoms with E-state index in [0.29, 0.717) is 12.1 Å². The van der Waals surface area contributed by atoms with E-state index >= 15 is 0 Å². The first-order valence-corrected chi connectivity index (χ1v) is 6.03. The second-order valence-corrected chi connectivity index (χ2v) is 4.79. The van der Waals surface area contributed by atoms with Crippen molar-refractivity contribution < 1.29 is 4.79 Å². The van der Waals surface area contributed by atoms with Gasteiger partial charge in [-0.3, -0.25) is 9.69 Å². The van der Waals surface area contributed by atoms with Crippen molar-refractivity contribution in [2.24, 2.45) is 0 Å². The third kappa shape index (κ3) is 6.62. The average Bonchev–Trinajstić information content (AvgIpc) is 2.09. The largest absolute Gasteiger partial charge is 0.387 e. The van der Waals surface area contributed by atoms with Crippen LogP contribution in [0, 0.1) is 0 Å². The van der Waals surface area contributed by atoms with Crippen molar-refractivity contribution in [2.45, 2.75) is 53.6 Å². The van der Waals surface area contributed by atoms with Gasteiger partial charge in [-0.15, -0.1) is 0 Å². The lowest BCUT2D eigenvalue weighted by molar-refractivity contribution is -0.112. The molecule has 0 aromatic rings. The molecule has 1 N–H and O–H groups in total. The second-order valence-electron chi connectivity index (χ2n) is 4.79. The fourth-order valence-electron chi connectivity index (χ4n) is 1.85. The summed E-state index contributed by atoms with van der Waals surface area (Å²) < 4.78 is 0. The van der Waals surface area contributed by atoms with Gasteiger partial charge in [0.15, 0.2) is 5.78 Å². The van der Waals surface area contributed by atoms with Crippen molar-refractivity contribution in [1.29, 1.82) is 0 Å². The van der Waals surface area contributed by atoms with E-state index < -0.39 is 0 Å². The van der Waals surface area contributed by atoms with Gasteiger partial charge >= 0.3 is 0 Å². The highest BCUT2D eigenvalue weighted by Crippen LogP contribution is 2.03. The van der Waals surface area contributed by atoms with Gasteiger partial charge in [0.1, 0.15) is 0 Å². The summed E-state index contributed by atoms with van der Waals surface area (Å²) in [5.41, 5.74) is 0.944. The lowest BCUT2D eigenvalue weighted by atomic mass is 10.2. The van der Waals surface area contributed by atoms with Crippen LogP contribution in [0.4, 0.5) is 0 Å². The summed E-state index contributed by atoms with van der Waals surface area (Å²) in [4.78, 5) is 13.3. The van der Waals surface area contributed by atoms with Crippen molar-refractivity contribution in [2.75, 3.05) is 13.1 Å². The highest BCUT2D eigenvalue weighted by atomic mass is 16.1. The van der Waals surface area contributed by atoms with Crippen molar-refractivity contribution in [3.05, 3.63) is 11.8 Å². The van der Waals surface area contributed by atoms with Crippen molar-refractivity contribution in [1.82, 2.24) is 10.2 Å². The molecule has 0 bridgehead atoms. The number of allylic oxidation sites excluding steroid dienone is 2. The molecule has 0 unspecified atom stereocenters. The van der Waals surface area contributed by atoms with Crippen LogP contribution in [0.5, 0.6) is 0 Å². The zero-order valence-corrected chi connectivity index (χ0v) is 11.5. The van der Waals surface area contributed by atoms with Gasteiger partial charge in [-0.1, -0.05) is 0 Å². The Morgan fingerprint density at radius 3 is 2.06 bits per heavy atom. The molecule has 0 saturated heterocycles. The number of hydrogen-bond acceptors (Lipinski definition) is 3. The summed E-state index contributed by atoms with van der Waals surface area (Å²) in [5.74, 6) is 0.0922. The van der Waals surface area contributed by atoms with Crippen LogP contribution in [0.25, 0.3) is 0 Å². The van der Waals surface area contributed by atoms with E-state index in [-0.39, 0.29) is 5.78 Å². The highest BCUT2D eigenvalue weighted by molar-refractivity contribution is 5.87. The molecule has 0 atom stereocenters. The molecule has 0 fully saturated rings. The first kappa shape index (κ1) is 15.2. The fraction of sp³-hybridized carbons (Fsp3) is 0.769. The predicted molar refractivity (Wildman–Crippen MR) is 69.4 cm³/mol. The number of ketones is 1. The third-order valence-electron chi connectivity index (χ3n) is 2.52. The molecule has 0 rings (SSSR count). The summed E-state index contributed by atoms with van der Waals surface area (Å²) in [5, 5.41) is 3.25. The molecule has 0 spiro atoms. The molecule has 0 heterocycles. The van der Waals surface area contributed by atoms with Crippen LogP contribution in [0.1, 0.15) is 41.5 Å². The van der Waals surface area contributed by atoms with E-state index in [9.17, 15) is 4.79 Å². The van der Waals surface area contributed by atoms with Crippen LogP contribution < -0.4 is 5.32 Å². The van der Waals surface area contributed by atoms with E-state index in [0.717, 1.165) is 18.8 Å². The number of nitrogens with zero attached hydrogens (tertiary/aromatic N) is 1. The molecule has 0 aliphatic carbocycles. The van der Waals surface area contributed by atoms with Gasteiger partial charge in [0.05, 0.1) is 0 Å². The maximum Gasteiger partial charge on any atom is 0.154 e. The molecule has 0 amide bonds. The van der Waals surface area contributed by atoms with Gasteiger partial charge in [-0.2, -0.15) is 0 Å². The van der Waals surface area contributed by atoms with Gasteiger partial charge in [0.25, 0.3) is 0 Å². The number of hydrogen-bond donors (Lipinski definition) is 1. The SMILES string of the molecule is CC(=O)C=C(C)NCCN(C(C)C)C(C)C. The summed E-state index contributed by atoms with van der Waals surface area (Å²) in [6.45, 7) is 14.2. The van der Waals surface area contributed by atoms with Gasteiger partial charge in [-0.05, 0) is 47.6 Å². The Morgan fingerprint density at radius 2 is 1.69 bits per heavy atom. The van der Waals surface area contributed by atoms with Gasteiger partial charge in [0, 0.05) is 30.9 Å². The molecule has 0 aliphatic rings. The monoisotopic (exact) mass is 226 g/mol. The Bertz CT molecular complexity index is 236. The van der Waals surface area contributed by atoms with Crippen LogP contribution in [0.15, 0.2) is 11.8 Å².